The molecule has 31 heavy (non-hydrogen) atoms. The van der Waals surface area contributed by atoms with E-state index in [1.165, 1.54) is 0 Å². The lowest BCUT2D eigenvalue weighted by atomic mass is 10.2. The number of hydrogen-bond acceptors (Lipinski definition) is 5. The summed E-state index contributed by atoms with van der Waals surface area (Å²) in [6, 6.07) is 9.54. The minimum atomic E-state index is -0.540. The molecule has 0 unspecified atom stereocenters. The molecule has 1 aromatic carbocycles. The van der Waals surface area contributed by atoms with E-state index in [9.17, 15) is 9.59 Å². The number of nitrogens with one attached hydrogen (secondary N) is 1. The third kappa shape index (κ3) is 14.4. The average Bonchev–Trinajstić information content (AvgIpc) is 2.66. The van der Waals surface area contributed by atoms with Gasteiger partial charge in [0.2, 0.25) is 0 Å². The lowest BCUT2D eigenvalue weighted by molar-refractivity contribution is -0.00974. The van der Waals surface area contributed by atoms with Crippen molar-refractivity contribution in [1.82, 2.24) is 10.2 Å². The Labute approximate surface area is 187 Å². The van der Waals surface area contributed by atoms with E-state index in [4.69, 9.17) is 14.2 Å². The molecule has 7 heteroatoms. The maximum atomic E-state index is 12.5. The second kappa shape index (κ2) is 13.2. The van der Waals surface area contributed by atoms with Crippen molar-refractivity contribution in [3.8, 4) is 0 Å². The zero-order valence-corrected chi connectivity index (χ0v) is 20.0. The second-order valence-corrected chi connectivity index (χ2v) is 9.48. The minimum Gasteiger partial charge on any atom is -0.445 e. The van der Waals surface area contributed by atoms with Crippen LogP contribution in [0.15, 0.2) is 30.3 Å². The standard InChI is InChI=1S/C24H40N2O5/c1-23(2,3)30-18-12-17-26(22(28)31-24(4,5)6)16-11-10-15-25-21(27)29-19-20-13-8-7-9-14-20/h7-9,13-14H,10-12,15-19H2,1-6H3,(H,25,27). The summed E-state index contributed by atoms with van der Waals surface area (Å²) in [7, 11) is 0. The molecule has 0 aliphatic rings. The van der Waals surface area contributed by atoms with Crippen LogP contribution in [0.2, 0.25) is 0 Å². The van der Waals surface area contributed by atoms with Crippen molar-refractivity contribution in [3.05, 3.63) is 35.9 Å². The quantitative estimate of drug-likeness (QED) is 0.486. The van der Waals surface area contributed by atoms with E-state index < -0.39 is 11.7 Å². The molecular weight excluding hydrogens is 396 g/mol. The lowest BCUT2D eigenvalue weighted by Gasteiger charge is -2.28. The van der Waals surface area contributed by atoms with Crippen LogP contribution < -0.4 is 5.32 Å². The number of ether oxygens (including phenoxy) is 3. The molecule has 0 spiro atoms. The predicted molar refractivity (Wildman–Crippen MR) is 122 cm³/mol. The molecule has 176 valence electrons. The normalized spacial score (nSPS) is 11.7. The Kier molecular flexibility index (Phi) is 11.4. The minimum absolute atomic E-state index is 0.197. The molecule has 0 fully saturated rings. The van der Waals surface area contributed by atoms with Crippen molar-refractivity contribution in [2.24, 2.45) is 0 Å². The van der Waals surface area contributed by atoms with Gasteiger partial charge in [-0.25, -0.2) is 9.59 Å². The molecule has 0 aliphatic carbocycles. The van der Waals surface area contributed by atoms with Gasteiger partial charge in [0.15, 0.2) is 0 Å². The van der Waals surface area contributed by atoms with E-state index in [-0.39, 0.29) is 18.3 Å². The Morgan fingerprint density at radius 2 is 1.55 bits per heavy atom. The van der Waals surface area contributed by atoms with Crippen LogP contribution in [-0.2, 0) is 20.8 Å². The summed E-state index contributed by atoms with van der Waals surface area (Å²) < 4.78 is 16.5. The fourth-order valence-corrected chi connectivity index (χ4v) is 2.65. The smallest absolute Gasteiger partial charge is 0.410 e. The molecule has 0 atom stereocenters. The predicted octanol–water partition coefficient (Wildman–Crippen LogP) is 5.14. The van der Waals surface area contributed by atoms with Crippen molar-refractivity contribution in [2.75, 3.05) is 26.2 Å². The highest BCUT2D eigenvalue weighted by Crippen LogP contribution is 2.12. The average molecular weight is 437 g/mol. The molecule has 0 aromatic heterocycles. The molecule has 0 saturated carbocycles. The van der Waals surface area contributed by atoms with Crippen LogP contribution in [0.4, 0.5) is 9.59 Å². The maximum Gasteiger partial charge on any atom is 0.410 e. The van der Waals surface area contributed by atoms with Crippen molar-refractivity contribution in [2.45, 2.75) is 78.6 Å². The van der Waals surface area contributed by atoms with E-state index in [2.05, 4.69) is 5.32 Å². The Bertz CT molecular complexity index is 650. The van der Waals surface area contributed by atoms with Gasteiger partial charge in [0.25, 0.3) is 0 Å². The summed E-state index contributed by atoms with van der Waals surface area (Å²) in [5, 5.41) is 2.75. The van der Waals surface area contributed by atoms with E-state index in [0.29, 0.717) is 26.2 Å². The summed E-state index contributed by atoms with van der Waals surface area (Å²) in [4.78, 5) is 26.0. The van der Waals surface area contributed by atoms with Gasteiger partial charge in [-0.15, -0.1) is 0 Å². The van der Waals surface area contributed by atoms with Crippen LogP contribution >= 0.6 is 0 Å². The van der Waals surface area contributed by atoms with Crippen LogP contribution in [0.25, 0.3) is 0 Å². The van der Waals surface area contributed by atoms with E-state index in [1.54, 1.807) is 4.90 Å². The van der Waals surface area contributed by atoms with E-state index >= 15 is 0 Å². The van der Waals surface area contributed by atoms with Crippen LogP contribution in [-0.4, -0.2) is 54.5 Å². The van der Waals surface area contributed by atoms with Gasteiger partial charge in [-0.2, -0.15) is 0 Å². The number of hydrogen-bond donors (Lipinski definition) is 1. The Morgan fingerprint density at radius 1 is 0.903 bits per heavy atom. The van der Waals surface area contributed by atoms with Crippen molar-refractivity contribution in [1.29, 1.82) is 0 Å². The number of benzene rings is 1. The van der Waals surface area contributed by atoms with Crippen LogP contribution in [0.5, 0.6) is 0 Å². The molecular formula is C24H40N2O5. The molecule has 2 amide bonds. The lowest BCUT2D eigenvalue weighted by Crippen LogP contribution is -2.38. The first kappa shape index (κ1) is 26.8. The Hall–Kier alpha value is -2.28. The largest absolute Gasteiger partial charge is 0.445 e. The molecule has 1 aromatic rings. The number of nitrogens with zero attached hydrogens (tertiary/aromatic N) is 1. The number of alkyl carbamates (subject to hydrolysis) is 1. The monoisotopic (exact) mass is 436 g/mol. The third-order valence-corrected chi connectivity index (χ3v) is 4.10. The molecule has 0 radical (unpaired) electrons. The van der Waals surface area contributed by atoms with Crippen molar-refractivity contribution in [3.63, 3.8) is 0 Å². The summed E-state index contributed by atoms with van der Waals surface area (Å²) in [6.07, 6.45) is 1.46. The molecule has 1 N–H and O–H groups in total. The van der Waals surface area contributed by atoms with Gasteiger partial charge >= 0.3 is 12.2 Å². The fourth-order valence-electron chi connectivity index (χ4n) is 2.65. The maximum absolute atomic E-state index is 12.5. The van der Waals surface area contributed by atoms with Gasteiger partial charge in [-0.3, -0.25) is 0 Å². The van der Waals surface area contributed by atoms with Gasteiger partial charge < -0.3 is 24.4 Å². The molecule has 7 nitrogen and oxygen atoms in total. The Balaban J connectivity index is 2.32. The third-order valence-electron chi connectivity index (χ3n) is 4.10. The summed E-state index contributed by atoms with van der Waals surface area (Å²) >= 11 is 0. The fraction of sp³-hybridized carbons (Fsp3) is 0.667. The van der Waals surface area contributed by atoms with Gasteiger partial charge in [0.1, 0.15) is 12.2 Å². The summed E-state index contributed by atoms with van der Waals surface area (Å²) in [6.45, 7) is 14.0. The number of unbranched alkanes of at least 4 members (excludes halogenated alkanes) is 1. The highest BCUT2D eigenvalue weighted by molar-refractivity contribution is 5.68. The molecule has 0 aliphatic heterocycles. The first-order valence-electron chi connectivity index (χ1n) is 11.0. The SMILES string of the molecule is CC(C)(C)OCCCN(CCCCNC(=O)OCc1ccccc1)C(=O)OC(C)(C)C. The molecule has 1 rings (SSSR count). The highest BCUT2D eigenvalue weighted by Gasteiger charge is 2.22. The molecule has 0 heterocycles. The van der Waals surface area contributed by atoms with Gasteiger partial charge in [0, 0.05) is 26.2 Å². The van der Waals surface area contributed by atoms with E-state index in [1.807, 2.05) is 71.9 Å². The van der Waals surface area contributed by atoms with Gasteiger partial charge in [0.05, 0.1) is 5.60 Å². The van der Waals surface area contributed by atoms with Crippen LogP contribution in [0, 0.1) is 0 Å². The first-order valence-corrected chi connectivity index (χ1v) is 11.0. The second-order valence-electron chi connectivity index (χ2n) is 9.48. The number of carbonyl (C=O) groups excluding carboxylic acids is 2. The number of rotatable bonds is 11. The summed E-state index contributed by atoms with van der Waals surface area (Å²) in [5.41, 5.74) is 0.208. The molecule has 0 bridgehead atoms. The van der Waals surface area contributed by atoms with Crippen molar-refractivity contribution < 1.29 is 23.8 Å². The van der Waals surface area contributed by atoms with Crippen LogP contribution in [0.1, 0.15) is 66.4 Å². The van der Waals surface area contributed by atoms with Gasteiger partial charge in [-0.05, 0) is 66.4 Å². The van der Waals surface area contributed by atoms with Crippen molar-refractivity contribution >= 4 is 12.2 Å². The van der Waals surface area contributed by atoms with Crippen LogP contribution in [0.3, 0.4) is 0 Å². The zero-order valence-electron chi connectivity index (χ0n) is 20.0. The van der Waals surface area contributed by atoms with E-state index in [0.717, 1.165) is 24.8 Å². The Morgan fingerprint density at radius 3 is 2.16 bits per heavy atom. The topological polar surface area (TPSA) is 77.1 Å². The zero-order chi connectivity index (χ0) is 23.3. The highest BCUT2D eigenvalue weighted by atomic mass is 16.6. The molecule has 0 saturated heterocycles. The first-order chi connectivity index (χ1) is 14.5. The number of amides is 2. The van der Waals surface area contributed by atoms with Gasteiger partial charge in [-0.1, -0.05) is 30.3 Å². The number of carbonyl (C=O) groups is 2. The summed E-state index contributed by atoms with van der Waals surface area (Å²) in [5.74, 6) is 0.